The monoisotopic (exact) mass is 410 g/mol. The van der Waals surface area contributed by atoms with Crippen LogP contribution < -0.4 is 4.90 Å². The first-order valence-electron chi connectivity index (χ1n) is 9.97. The first-order chi connectivity index (χ1) is 13.4. The molecule has 10 heteroatoms. The number of hydrogen-bond acceptors (Lipinski definition) is 7. The van der Waals surface area contributed by atoms with E-state index in [4.69, 9.17) is 9.72 Å². The molecule has 0 N–H and O–H groups in total. The Morgan fingerprint density at radius 3 is 2.46 bits per heavy atom. The van der Waals surface area contributed by atoms with Crippen molar-refractivity contribution in [2.75, 3.05) is 43.9 Å². The minimum atomic E-state index is -3.15. The number of aryl methyl sites for hydroxylation is 1. The average Bonchev–Trinajstić information content (AvgIpc) is 3.06. The summed E-state index contributed by atoms with van der Waals surface area (Å²) in [4.78, 5) is 11.3. The van der Waals surface area contributed by atoms with Crippen LogP contribution in [-0.4, -0.2) is 71.5 Å². The summed E-state index contributed by atoms with van der Waals surface area (Å²) in [6.07, 6.45) is 6.11. The lowest BCUT2D eigenvalue weighted by molar-refractivity contribution is -0.0371. The second kappa shape index (κ2) is 8.71. The van der Waals surface area contributed by atoms with E-state index in [0.29, 0.717) is 32.1 Å². The summed E-state index contributed by atoms with van der Waals surface area (Å²) >= 11 is 0. The standard InChI is InChI=1S/C16H24N6O3S.C2H6/c1-12-13-11-17-16(20-6-8-21(9-7-20)26(2,23)24)18-15(13)22(19-12)14-5-3-4-10-25-14;1-2/h11,14H,3-10H2,1-2H3;1-2H3. The van der Waals surface area contributed by atoms with Gasteiger partial charge in [-0.1, -0.05) is 13.8 Å². The minimum absolute atomic E-state index is 0.0789. The Bertz CT molecular complexity index is 899. The van der Waals surface area contributed by atoms with Crippen molar-refractivity contribution in [1.82, 2.24) is 24.1 Å². The van der Waals surface area contributed by atoms with Gasteiger partial charge in [0.1, 0.15) is 0 Å². The van der Waals surface area contributed by atoms with Crippen molar-refractivity contribution < 1.29 is 13.2 Å². The van der Waals surface area contributed by atoms with Gasteiger partial charge in [0.05, 0.1) is 17.3 Å². The number of hydrogen-bond donors (Lipinski definition) is 0. The highest BCUT2D eigenvalue weighted by molar-refractivity contribution is 7.88. The van der Waals surface area contributed by atoms with E-state index in [9.17, 15) is 8.42 Å². The zero-order valence-corrected chi connectivity index (χ0v) is 17.9. The third kappa shape index (κ3) is 4.28. The van der Waals surface area contributed by atoms with Crippen LogP contribution in [0.25, 0.3) is 11.0 Å². The molecule has 4 rings (SSSR count). The van der Waals surface area contributed by atoms with E-state index in [1.165, 1.54) is 10.6 Å². The quantitative estimate of drug-likeness (QED) is 0.763. The molecule has 0 radical (unpaired) electrons. The SMILES string of the molecule is CC.Cc1nn(C2CCCCO2)c2nc(N3CCN(S(C)(=O)=O)CC3)ncc12. The molecule has 2 aromatic rings. The lowest BCUT2D eigenvalue weighted by Gasteiger charge is -2.33. The van der Waals surface area contributed by atoms with Crippen molar-refractivity contribution in [2.45, 2.75) is 46.3 Å². The largest absolute Gasteiger partial charge is 0.356 e. The molecule has 0 amide bonds. The van der Waals surface area contributed by atoms with Crippen LogP contribution >= 0.6 is 0 Å². The van der Waals surface area contributed by atoms with Crippen LogP contribution in [0.4, 0.5) is 5.95 Å². The van der Waals surface area contributed by atoms with E-state index in [0.717, 1.165) is 42.6 Å². The highest BCUT2D eigenvalue weighted by Gasteiger charge is 2.26. The molecule has 1 unspecified atom stereocenters. The molecule has 0 bridgehead atoms. The molecule has 0 aromatic carbocycles. The molecule has 2 aliphatic rings. The molecule has 2 saturated heterocycles. The molecule has 0 spiro atoms. The van der Waals surface area contributed by atoms with Gasteiger partial charge in [0, 0.05) is 39.0 Å². The van der Waals surface area contributed by atoms with Gasteiger partial charge in [0.25, 0.3) is 0 Å². The van der Waals surface area contributed by atoms with Gasteiger partial charge in [-0.05, 0) is 26.2 Å². The Kier molecular flexibility index (Phi) is 6.51. The number of ether oxygens (including phenoxy) is 1. The van der Waals surface area contributed by atoms with Crippen molar-refractivity contribution in [3.05, 3.63) is 11.9 Å². The third-order valence-corrected chi connectivity index (χ3v) is 6.34. The molecule has 156 valence electrons. The van der Waals surface area contributed by atoms with Crippen LogP contribution in [-0.2, 0) is 14.8 Å². The van der Waals surface area contributed by atoms with Gasteiger partial charge in [-0.2, -0.15) is 14.4 Å². The fraction of sp³-hybridized carbons (Fsp3) is 0.722. The topological polar surface area (TPSA) is 93.5 Å². The number of aromatic nitrogens is 4. The maximum Gasteiger partial charge on any atom is 0.227 e. The van der Waals surface area contributed by atoms with E-state index in [2.05, 4.69) is 10.1 Å². The van der Waals surface area contributed by atoms with Gasteiger partial charge >= 0.3 is 0 Å². The smallest absolute Gasteiger partial charge is 0.227 e. The molecule has 0 saturated carbocycles. The summed E-state index contributed by atoms with van der Waals surface area (Å²) in [6.45, 7) is 8.75. The van der Waals surface area contributed by atoms with Gasteiger partial charge in [0.15, 0.2) is 11.9 Å². The molecule has 2 fully saturated rings. The van der Waals surface area contributed by atoms with Crippen molar-refractivity contribution in [1.29, 1.82) is 0 Å². The number of piperazine rings is 1. The van der Waals surface area contributed by atoms with Crippen molar-refractivity contribution >= 4 is 27.0 Å². The van der Waals surface area contributed by atoms with Crippen molar-refractivity contribution in [2.24, 2.45) is 0 Å². The molecule has 9 nitrogen and oxygen atoms in total. The van der Waals surface area contributed by atoms with Crippen molar-refractivity contribution in [3.63, 3.8) is 0 Å². The highest BCUT2D eigenvalue weighted by atomic mass is 32.2. The molecule has 1 atom stereocenters. The summed E-state index contributed by atoms with van der Waals surface area (Å²) in [5.74, 6) is 0.614. The molecular weight excluding hydrogens is 380 g/mol. The van der Waals surface area contributed by atoms with Crippen LogP contribution in [0, 0.1) is 6.92 Å². The van der Waals surface area contributed by atoms with E-state index in [-0.39, 0.29) is 6.23 Å². The zero-order valence-electron chi connectivity index (χ0n) is 17.1. The maximum atomic E-state index is 11.7. The number of anilines is 1. The number of sulfonamides is 1. The number of fused-ring (bicyclic) bond motifs is 1. The molecule has 0 aliphatic carbocycles. The lowest BCUT2D eigenvalue weighted by Crippen LogP contribution is -2.48. The maximum absolute atomic E-state index is 11.7. The lowest BCUT2D eigenvalue weighted by atomic mass is 10.2. The van der Waals surface area contributed by atoms with Crippen molar-refractivity contribution in [3.8, 4) is 0 Å². The summed E-state index contributed by atoms with van der Waals surface area (Å²) in [7, 11) is -3.15. The second-order valence-corrected chi connectivity index (χ2v) is 8.89. The van der Waals surface area contributed by atoms with E-state index >= 15 is 0 Å². The van der Waals surface area contributed by atoms with Gasteiger partial charge in [-0.3, -0.25) is 0 Å². The Balaban J connectivity index is 0.00000109. The van der Waals surface area contributed by atoms with E-state index in [1.54, 1.807) is 0 Å². The predicted octanol–water partition coefficient (Wildman–Crippen LogP) is 1.94. The minimum Gasteiger partial charge on any atom is -0.356 e. The predicted molar refractivity (Wildman–Crippen MR) is 109 cm³/mol. The number of rotatable bonds is 3. The highest BCUT2D eigenvalue weighted by Crippen LogP contribution is 2.27. The molecule has 4 heterocycles. The Labute approximate surface area is 166 Å². The van der Waals surface area contributed by atoms with Crippen LogP contribution in [0.15, 0.2) is 6.20 Å². The first-order valence-corrected chi connectivity index (χ1v) is 11.8. The Morgan fingerprint density at radius 2 is 1.86 bits per heavy atom. The second-order valence-electron chi connectivity index (χ2n) is 6.91. The molecular formula is C18H30N6O3S. The average molecular weight is 411 g/mol. The summed E-state index contributed by atoms with van der Waals surface area (Å²) in [5, 5.41) is 5.56. The van der Waals surface area contributed by atoms with Crippen LogP contribution in [0.5, 0.6) is 0 Å². The molecule has 2 aliphatic heterocycles. The van der Waals surface area contributed by atoms with E-state index in [1.807, 2.05) is 36.5 Å². The zero-order chi connectivity index (χ0) is 20.3. The Morgan fingerprint density at radius 1 is 1.14 bits per heavy atom. The third-order valence-electron chi connectivity index (χ3n) is 5.04. The van der Waals surface area contributed by atoms with Gasteiger partial charge in [0.2, 0.25) is 16.0 Å². The Hall–Kier alpha value is -1.78. The van der Waals surface area contributed by atoms with Gasteiger partial charge in [-0.15, -0.1) is 0 Å². The normalized spacial score (nSPS) is 21.4. The van der Waals surface area contributed by atoms with Gasteiger partial charge in [-0.25, -0.2) is 18.1 Å². The fourth-order valence-electron chi connectivity index (χ4n) is 3.55. The van der Waals surface area contributed by atoms with E-state index < -0.39 is 10.0 Å². The van der Waals surface area contributed by atoms with Crippen LogP contribution in [0.3, 0.4) is 0 Å². The van der Waals surface area contributed by atoms with Crippen LogP contribution in [0.2, 0.25) is 0 Å². The summed E-state index contributed by atoms with van der Waals surface area (Å²) < 4.78 is 32.6. The summed E-state index contributed by atoms with van der Waals surface area (Å²) in [5.41, 5.74) is 1.67. The molecule has 28 heavy (non-hydrogen) atoms. The first kappa shape index (κ1) is 20.9. The number of nitrogens with zero attached hydrogens (tertiary/aromatic N) is 6. The summed E-state index contributed by atoms with van der Waals surface area (Å²) in [6, 6.07) is 0. The fourth-order valence-corrected chi connectivity index (χ4v) is 4.37. The molecule has 2 aromatic heterocycles. The van der Waals surface area contributed by atoms with Gasteiger partial charge < -0.3 is 9.64 Å². The van der Waals surface area contributed by atoms with Crippen LogP contribution in [0.1, 0.15) is 45.0 Å².